The van der Waals surface area contributed by atoms with Gasteiger partial charge in [-0.05, 0) is 31.2 Å². The van der Waals surface area contributed by atoms with Crippen LogP contribution in [0, 0.1) is 5.92 Å². The van der Waals surface area contributed by atoms with Gasteiger partial charge >= 0.3 is 5.97 Å². The summed E-state index contributed by atoms with van der Waals surface area (Å²) in [6, 6.07) is -0.0145. The lowest BCUT2D eigenvalue weighted by Gasteiger charge is -2.22. The van der Waals surface area contributed by atoms with Gasteiger partial charge in [-0.3, -0.25) is 14.7 Å². The Morgan fingerprint density at radius 3 is 3.10 bits per heavy atom. The highest BCUT2D eigenvalue weighted by Crippen LogP contribution is 2.28. The predicted octanol–water partition coefficient (Wildman–Crippen LogP) is 0.589. The number of carbonyl (C=O) groups excluding carboxylic acids is 1. The van der Waals surface area contributed by atoms with Crippen LogP contribution in [-0.4, -0.2) is 44.2 Å². The van der Waals surface area contributed by atoms with Crippen LogP contribution in [0.5, 0.6) is 0 Å². The number of aromatic amines is 1. The van der Waals surface area contributed by atoms with E-state index in [1.807, 2.05) is 0 Å². The van der Waals surface area contributed by atoms with Gasteiger partial charge in [0, 0.05) is 23.4 Å². The number of H-pyrrole nitrogens is 1. The van der Waals surface area contributed by atoms with Crippen LogP contribution < -0.4 is 5.32 Å². The number of aryl methyl sites for hydroxylation is 1. The second-order valence-electron chi connectivity index (χ2n) is 5.41. The van der Waals surface area contributed by atoms with E-state index in [2.05, 4.69) is 15.5 Å². The average molecular weight is 295 g/mol. The summed E-state index contributed by atoms with van der Waals surface area (Å²) in [6.07, 6.45) is 4.71. The molecule has 0 bridgehead atoms. The van der Waals surface area contributed by atoms with E-state index in [-0.39, 0.29) is 23.1 Å². The van der Waals surface area contributed by atoms with Crippen molar-refractivity contribution in [1.29, 1.82) is 0 Å². The lowest BCUT2D eigenvalue weighted by atomic mass is 9.87. The van der Waals surface area contributed by atoms with Crippen molar-refractivity contribution in [2.24, 2.45) is 5.92 Å². The summed E-state index contributed by atoms with van der Waals surface area (Å²) < 4.78 is 0. The maximum absolute atomic E-state index is 12.3. The summed E-state index contributed by atoms with van der Waals surface area (Å²) in [4.78, 5) is 23.2. The lowest BCUT2D eigenvalue weighted by Crippen LogP contribution is -2.41. The maximum atomic E-state index is 12.3. The molecule has 1 aromatic heterocycles. The summed E-state index contributed by atoms with van der Waals surface area (Å²) in [5.74, 6) is -0.0678. The number of nitrogens with one attached hydrogen (secondary N) is 2. The van der Waals surface area contributed by atoms with Gasteiger partial charge in [-0.2, -0.15) is 5.10 Å². The molecule has 0 aromatic carbocycles. The number of fused-ring (bicyclic) bond motifs is 1. The van der Waals surface area contributed by atoms with Gasteiger partial charge in [0.1, 0.15) is 5.25 Å². The van der Waals surface area contributed by atoms with Crippen molar-refractivity contribution in [3.05, 3.63) is 17.5 Å². The zero-order valence-electron chi connectivity index (χ0n) is 11.0. The Labute approximate surface area is 120 Å². The van der Waals surface area contributed by atoms with Gasteiger partial charge in [0.25, 0.3) is 0 Å². The molecule has 0 radical (unpaired) electrons. The van der Waals surface area contributed by atoms with Gasteiger partial charge in [0.2, 0.25) is 5.91 Å². The number of aliphatic carboxylic acids is 1. The van der Waals surface area contributed by atoms with Gasteiger partial charge in [-0.25, -0.2) is 0 Å². The quantitative estimate of drug-likeness (QED) is 0.758. The number of aromatic nitrogens is 2. The van der Waals surface area contributed by atoms with Crippen molar-refractivity contribution in [2.75, 3.05) is 5.75 Å². The van der Waals surface area contributed by atoms with E-state index in [0.717, 1.165) is 30.5 Å². The minimum Gasteiger partial charge on any atom is -0.480 e. The number of amides is 1. The summed E-state index contributed by atoms with van der Waals surface area (Å²) >= 11 is 1.41. The minimum atomic E-state index is -0.785. The fourth-order valence-electron chi connectivity index (χ4n) is 2.86. The number of hydrogen-bond donors (Lipinski definition) is 3. The Bertz CT molecular complexity index is 531. The van der Waals surface area contributed by atoms with E-state index < -0.39 is 5.97 Å². The molecule has 1 aromatic rings. The molecule has 1 aliphatic carbocycles. The molecule has 2 aliphatic rings. The zero-order chi connectivity index (χ0) is 14.1. The van der Waals surface area contributed by atoms with Gasteiger partial charge in [0.05, 0.1) is 6.20 Å². The molecule has 108 valence electrons. The normalized spacial score (nSPS) is 28.9. The monoisotopic (exact) mass is 295 g/mol. The number of hydrogen-bond acceptors (Lipinski definition) is 4. The number of rotatable bonds is 3. The second kappa shape index (κ2) is 5.47. The molecule has 3 N–H and O–H groups in total. The minimum absolute atomic E-state index is 0.0145. The zero-order valence-corrected chi connectivity index (χ0v) is 11.8. The highest BCUT2D eigenvalue weighted by molar-refractivity contribution is 8.00. The van der Waals surface area contributed by atoms with Gasteiger partial charge in [-0.15, -0.1) is 11.8 Å². The molecule has 3 rings (SSSR count). The molecule has 20 heavy (non-hydrogen) atoms. The third kappa shape index (κ3) is 2.67. The first-order chi connectivity index (χ1) is 9.63. The van der Waals surface area contributed by atoms with E-state index >= 15 is 0 Å². The molecule has 1 fully saturated rings. The van der Waals surface area contributed by atoms with Gasteiger partial charge in [-0.1, -0.05) is 0 Å². The van der Waals surface area contributed by atoms with Crippen LogP contribution in [0.3, 0.4) is 0 Å². The number of carboxylic acids is 1. The van der Waals surface area contributed by atoms with Crippen LogP contribution in [0.25, 0.3) is 0 Å². The van der Waals surface area contributed by atoms with E-state index in [4.69, 9.17) is 5.11 Å². The summed E-state index contributed by atoms with van der Waals surface area (Å²) in [7, 11) is 0. The van der Waals surface area contributed by atoms with Crippen molar-refractivity contribution in [3.8, 4) is 0 Å². The molecular weight excluding hydrogens is 278 g/mol. The van der Waals surface area contributed by atoms with E-state index in [0.29, 0.717) is 12.2 Å². The van der Waals surface area contributed by atoms with Crippen LogP contribution in [0.4, 0.5) is 0 Å². The largest absolute Gasteiger partial charge is 0.480 e. The summed E-state index contributed by atoms with van der Waals surface area (Å²) in [6.45, 7) is 0. The third-order valence-corrected chi connectivity index (χ3v) is 5.40. The first kappa shape index (κ1) is 13.5. The van der Waals surface area contributed by atoms with E-state index in [1.165, 1.54) is 11.8 Å². The first-order valence-corrected chi connectivity index (χ1v) is 7.84. The highest BCUT2D eigenvalue weighted by atomic mass is 32.2. The summed E-state index contributed by atoms with van der Waals surface area (Å²) in [5, 5.41) is 18.5. The van der Waals surface area contributed by atoms with Crippen molar-refractivity contribution >= 4 is 23.6 Å². The number of carboxylic acid groups (broad SMARTS) is 1. The SMILES string of the molecule is O=C(N[C@@H]1CS[C@H](C(=O)O)C1)C1CCc2[nH]ncc2C1. The second-order valence-corrected chi connectivity index (χ2v) is 6.65. The van der Waals surface area contributed by atoms with E-state index in [1.54, 1.807) is 6.20 Å². The van der Waals surface area contributed by atoms with Crippen molar-refractivity contribution in [3.63, 3.8) is 0 Å². The lowest BCUT2D eigenvalue weighted by molar-refractivity contribution is -0.136. The van der Waals surface area contributed by atoms with Crippen LogP contribution in [0.2, 0.25) is 0 Å². The van der Waals surface area contributed by atoms with Gasteiger partial charge < -0.3 is 10.4 Å². The Kier molecular flexibility index (Phi) is 3.69. The molecule has 7 heteroatoms. The third-order valence-electron chi connectivity index (χ3n) is 4.01. The molecule has 6 nitrogen and oxygen atoms in total. The van der Waals surface area contributed by atoms with E-state index in [9.17, 15) is 9.59 Å². The predicted molar refractivity (Wildman–Crippen MR) is 74.5 cm³/mol. The molecule has 0 saturated carbocycles. The van der Waals surface area contributed by atoms with Crippen LogP contribution in [0.1, 0.15) is 24.1 Å². The topological polar surface area (TPSA) is 95.1 Å². The van der Waals surface area contributed by atoms with Crippen molar-refractivity contribution in [2.45, 2.75) is 37.0 Å². The highest BCUT2D eigenvalue weighted by Gasteiger charge is 2.33. The number of carbonyl (C=O) groups is 2. The Balaban J connectivity index is 1.55. The molecule has 1 saturated heterocycles. The maximum Gasteiger partial charge on any atom is 0.316 e. The molecule has 0 spiro atoms. The Hall–Kier alpha value is -1.50. The fourth-order valence-corrected chi connectivity index (χ4v) is 4.05. The molecule has 1 unspecified atom stereocenters. The molecule has 3 atom stereocenters. The molecular formula is C13H17N3O3S. The smallest absolute Gasteiger partial charge is 0.316 e. The van der Waals surface area contributed by atoms with Crippen LogP contribution in [-0.2, 0) is 22.4 Å². The fraction of sp³-hybridized carbons (Fsp3) is 0.615. The Morgan fingerprint density at radius 2 is 2.35 bits per heavy atom. The van der Waals surface area contributed by atoms with Crippen LogP contribution in [0.15, 0.2) is 6.20 Å². The van der Waals surface area contributed by atoms with Crippen molar-refractivity contribution < 1.29 is 14.7 Å². The number of thioether (sulfide) groups is 1. The van der Waals surface area contributed by atoms with Crippen LogP contribution >= 0.6 is 11.8 Å². The standard InChI is InChI=1S/C13H17N3O3S/c17-12(15-9-4-11(13(18)19)20-6-9)7-1-2-10-8(3-7)5-14-16-10/h5,7,9,11H,1-4,6H2,(H,14,16)(H,15,17)(H,18,19)/t7?,9-,11-/m0/s1. The Morgan fingerprint density at radius 1 is 1.50 bits per heavy atom. The number of nitrogens with zero attached hydrogens (tertiary/aromatic N) is 1. The molecule has 1 amide bonds. The van der Waals surface area contributed by atoms with Gasteiger partial charge in [0.15, 0.2) is 0 Å². The summed E-state index contributed by atoms with van der Waals surface area (Å²) in [5.41, 5.74) is 2.26. The molecule has 1 aliphatic heterocycles. The molecule has 2 heterocycles. The van der Waals surface area contributed by atoms with Crippen molar-refractivity contribution in [1.82, 2.24) is 15.5 Å². The average Bonchev–Trinajstić information content (AvgIpc) is 3.05. The first-order valence-electron chi connectivity index (χ1n) is 6.79.